The molecular weight excluding hydrogens is 198 g/mol. The zero-order valence-electron chi connectivity index (χ0n) is 7.03. The Hall–Kier alpha value is -1.82. The zero-order valence-corrected chi connectivity index (χ0v) is 7.85. The summed E-state index contributed by atoms with van der Waals surface area (Å²) in [5, 5.41) is 7.02. The Morgan fingerprint density at radius 2 is 2.21 bits per heavy atom. The highest BCUT2D eigenvalue weighted by molar-refractivity contribution is 7.16. The van der Waals surface area contributed by atoms with Gasteiger partial charge < -0.3 is 0 Å². The Labute approximate surface area is 83.1 Å². The average molecular weight is 203 g/mol. The molecule has 0 aliphatic heterocycles. The summed E-state index contributed by atoms with van der Waals surface area (Å²) in [7, 11) is 0. The highest BCUT2D eigenvalue weighted by Crippen LogP contribution is 2.21. The van der Waals surface area contributed by atoms with Crippen LogP contribution in [0.25, 0.3) is 16.0 Å². The van der Waals surface area contributed by atoms with Crippen molar-refractivity contribution in [2.75, 3.05) is 0 Å². The number of nitrogens with zero attached hydrogens (tertiary/aromatic N) is 5. The smallest absolute Gasteiger partial charge is 0.167 e. The van der Waals surface area contributed by atoms with Crippen LogP contribution >= 0.6 is 11.3 Å². The zero-order chi connectivity index (χ0) is 9.38. The Bertz CT molecular complexity index is 556. The maximum Gasteiger partial charge on any atom is 0.167 e. The SMILES string of the molecule is c1nc(-n2cncn2)c2ccsc2n1. The van der Waals surface area contributed by atoms with Crippen molar-refractivity contribution in [2.45, 2.75) is 0 Å². The predicted octanol–water partition coefficient (Wildman–Crippen LogP) is 1.27. The van der Waals surface area contributed by atoms with Crippen LogP contribution in [0, 0.1) is 0 Å². The monoisotopic (exact) mass is 203 g/mol. The Kier molecular flexibility index (Phi) is 1.54. The lowest BCUT2D eigenvalue weighted by molar-refractivity contribution is 0.850. The second-order valence-electron chi connectivity index (χ2n) is 2.68. The second kappa shape index (κ2) is 2.85. The molecule has 0 fully saturated rings. The third-order valence-corrected chi connectivity index (χ3v) is 2.70. The van der Waals surface area contributed by atoms with Gasteiger partial charge in [0.05, 0.1) is 5.39 Å². The molecule has 3 rings (SSSR count). The number of rotatable bonds is 1. The Morgan fingerprint density at radius 1 is 1.21 bits per heavy atom. The van der Waals surface area contributed by atoms with E-state index in [4.69, 9.17) is 0 Å². The van der Waals surface area contributed by atoms with E-state index in [0.29, 0.717) is 0 Å². The summed E-state index contributed by atoms with van der Waals surface area (Å²) in [4.78, 5) is 13.2. The van der Waals surface area contributed by atoms with Crippen molar-refractivity contribution in [2.24, 2.45) is 0 Å². The maximum absolute atomic E-state index is 4.18. The fourth-order valence-electron chi connectivity index (χ4n) is 1.28. The lowest BCUT2D eigenvalue weighted by atomic mass is 10.4. The quantitative estimate of drug-likeness (QED) is 0.597. The van der Waals surface area contributed by atoms with Crippen molar-refractivity contribution in [3.63, 3.8) is 0 Å². The number of fused-ring (bicyclic) bond motifs is 1. The van der Waals surface area contributed by atoms with Crippen LogP contribution in [0.3, 0.4) is 0 Å². The van der Waals surface area contributed by atoms with Crippen LogP contribution in [0.4, 0.5) is 0 Å². The number of aromatic nitrogens is 5. The van der Waals surface area contributed by atoms with E-state index in [1.807, 2.05) is 11.4 Å². The fourth-order valence-corrected chi connectivity index (χ4v) is 2.00. The van der Waals surface area contributed by atoms with Crippen LogP contribution in [0.15, 0.2) is 30.4 Å². The van der Waals surface area contributed by atoms with Crippen LogP contribution in [-0.4, -0.2) is 24.7 Å². The van der Waals surface area contributed by atoms with Gasteiger partial charge in [0.2, 0.25) is 0 Å². The molecule has 0 saturated heterocycles. The summed E-state index contributed by atoms with van der Waals surface area (Å²) >= 11 is 1.59. The van der Waals surface area contributed by atoms with E-state index in [1.165, 1.54) is 12.7 Å². The van der Waals surface area contributed by atoms with Gasteiger partial charge in [0.1, 0.15) is 23.8 Å². The highest BCUT2D eigenvalue weighted by atomic mass is 32.1. The molecule has 3 aromatic rings. The van der Waals surface area contributed by atoms with Crippen LogP contribution in [0.1, 0.15) is 0 Å². The van der Waals surface area contributed by atoms with Gasteiger partial charge in [0.25, 0.3) is 0 Å². The minimum absolute atomic E-state index is 0.772. The van der Waals surface area contributed by atoms with Gasteiger partial charge >= 0.3 is 0 Å². The molecule has 0 aromatic carbocycles. The molecule has 0 aliphatic rings. The van der Waals surface area contributed by atoms with Gasteiger partial charge in [0.15, 0.2) is 5.82 Å². The normalized spacial score (nSPS) is 10.9. The minimum Gasteiger partial charge on any atom is -0.225 e. The second-order valence-corrected chi connectivity index (χ2v) is 3.57. The largest absolute Gasteiger partial charge is 0.225 e. The molecule has 68 valence electrons. The van der Waals surface area contributed by atoms with Crippen molar-refractivity contribution in [1.82, 2.24) is 24.7 Å². The minimum atomic E-state index is 0.772. The molecule has 0 saturated carbocycles. The summed E-state index contributed by atoms with van der Waals surface area (Å²) in [6.07, 6.45) is 4.65. The van der Waals surface area contributed by atoms with E-state index < -0.39 is 0 Å². The first-order valence-corrected chi connectivity index (χ1v) is 4.86. The third kappa shape index (κ3) is 1.01. The molecule has 0 N–H and O–H groups in total. The number of hydrogen-bond donors (Lipinski definition) is 0. The molecule has 5 nitrogen and oxygen atoms in total. The molecule has 0 unspecified atom stereocenters. The average Bonchev–Trinajstić information content (AvgIpc) is 2.88. The fraction of sp³-hybridized carbons (Fsp3) is 0. The number of hydrogen-bond acceptors (Lipinski definition) is 5. The first kappa shape index (κ1) is 7.57. The van der Waals surface area contributed by atoms with Crippen LogP contribution in [-0.2, 0) is 0 Å². The Morgan fingerprint density at radius 3 is 3.07 bits per heavy atom. The van der Waals surface area contributed by atoms with E-state index in [1.54, 1.807) is 22.3 Å². The van der Waals surface area contributed by atoms with Crippen molar-refractivity contribution >= 4 is 21.6 Å². The van der Waals surface area contributed by atoms with Crippen molar-refractivity contribution < 1.29 is 0 Å². The molecule has 3 heterocycles. The topological polar surface area (TPSA) is 56.5 Å². The molecule has 0 aliphatic carbocycles. The van der Waals surface area contributed by atoms with E-state index in [-0.39, 0.29) is 0 Å². The van der Waals surface area contributed by atoms with Gasteiger partial charge in [-0.2, -0.15) is 5.10 Å². The first-order chi connectivity index (χ1) is 6.95. The van der Waals surface area contributed by atoms with Gasteiger partial charge in [-0.25, -0.2) is 19.6 Å². The van der Waals surface area contributed by atoms with Crippen molar-refractivity contribution in [3.05, 3.63) is 30.4 Å². The van der Waals surface area contributed by atoms with Crippen LogP contribution in [0.5, 0.6) is 0 Å². The highest BCUT2D eigenvalue weighted by Gasteiger charge is 2.06. The van der Waals surface area contributed by atoms with Crippen LogP contribution < -0.4 is 0 Å². The summed E-state index contributed by atoms with van der Waals surface area (Å²) in [6, 6.07) is 1.98. The molecule has 0 amide bonds. The van der Waals surface area contributed by atoms with Crippen LogP contribution in [0.2, 0.25) is 0 Å². The standard InChI is InChI=1S/C8H5N5S/c1-2-14-8-6(1)7(10-4-11-8)13-5-9-3-12-13/h1-5H. The molecule has 0 bridgehead atoms. The number of thiophene rings is 1. The molecule has 0 spiro atoms. The molecule has 14 heavy (non-hydrogen) atoms. The summed E-state index contributed by atoms with van der Waals surface area (Å²) < 4.78 is 1.64. The summed E-state index contributed by atoms with van der Waals surface area (Å²) in [5.41, 5.74) is 0. The Balaban J connectivity index is 2.36. The van der Waals surface area contributed by atoms with Gasteiger partial charge in [-0.3, -0.25) is 0 Å². The molecule has 0 radical (unpaired) electrons. The lowest BCUT2D eigenvalue weighted by Crippen LogP contribution is -1.98. The van der Waals surface area contributed by atoms with Gasteiger partial charge in [0, 0.05) is 0 Å². The molecule has 6 heteroatoms. The van der Waals surface area contributed by atoms with Gasteiger partial charge in [-0.1, -0.05) is 0 Å². The van der Waals surface area contributed by atoms with Crippen molar-refractivity contribution in [1.29, 1.82) is 0 Å². The molecule has 3 aromatic heterocycles. The third-order valence-electron chi connectivity index (χ3n) is 1.88. The first-order valence-electron chi connectivity index (χ1n) is 3.98. The van der Waals surface area contributed by atoms with E-state index in [0.717, 1.165) is 16.0 Å². The van der Waals surface area contributed by atoms with Gasteiger partial charge in [-0.05, 0) is 11.4 Å². The lowest BCUT2D eigenvalue weighted by Gasteiger charge is -1.98. The van der Waals surface area contributed by atoms with Crippen molar-refractivity contribution in [3.8, 4) is 5.82 Å². The summed E-state index contributed by atoms with van der Waals surface area (Å²) in [6.45, 7) is 0. The summed E-state index contributed by atoms with van der Waals surface area (Å²) in [5.74, 6) is 0.772. The van der Waals surface area contributed by atoms with E-state index >= 15 is 0 Å². The maximum atomic E-state index is 4.18. The molecule has 0 atom stereocenters. The predicted molar refractivity (Wildman–Crippen MR) is 52.3 cm³/mol. The van der Waals surface area contributed by atoms with E-state index in [9.17, 15) is 0 Å². The van der Waals surface area contributed by atoms with E-state index in [2.05, 4.69) is 20.1 Å². The molecular formula is C8H5N5S. The van der Waals surface area contributed by atoms with Gasteiger partial charge in [-0.15, -0.1) is 11.3 Å².